The van der Waals surface area contributed by atoms with Gasteiger partial charge in [-0.15, -0.1) is 0 Å². The molecule has 2 N–H and O–H groups in total. The highest BCUT2D eigenvalue weighted by Gasteiger charge is 2.17. The van der Waals surface area contributed by atoms with Crippen molar-refractivity contribution < 1.29 is 19.1 Å². The van der Waals surface area contributed by atoms with Crippen molar-refractivity contribution in [2.24, 2.45) is 0 Å². The largest absolute Gasteiger partial charge is 0.493 e. The van der Waals surface area contributed by atoms with Gasteiger partial charge in [-0.1, -0.05) is 35.9 Å². The van der Waals surface area contributed by atoms with Crippen LogP contribution in [-0.4, -0.2) is 26.0 Å². The Balaban J connectivity index is 2.01. The number of ether oxygens (including phenoxy) is 2. The molecule has 0 spiro atoms. The predicted molar refractivity (Wildman–Crippen MR) is 104 cm³/mol. The lowest BCUT2D eigenvalue weighted by Gasteiger charge is -2.18. The summed E-state index contributed by atoms with van der Waals surface area (Å²) < 4.78 is 10.5. The second kappa shape index (κ2) is 9.62. The van der Waals surface area contributed by atoms with E-state index in [-0.39, 0.29) is 24.3 Å². The molecule has 0 aromatic heterocycles. The molecular weight excluding hydrogens is 344 g/mol. The number of hydrogen-bond donors (Lipinski definition) is 2. The van der Waals surface area contributed by atoms with Crippen molar-refractivity contribution in [1.82, 2.24) is 10.6 Å². The van der Waals surface area contributed by atoms with Gasteiger partial charge in [0.2, 0.25) is 11.8 Å². The van der Waals surface area contributed by atoms with Gasteiger partial charge >= 0.3 is 0 Å². The number of carbonyl (C=O) groups is 2. The highest BCUT2D eigenvalue weighted by Crippen LogP contribution is 2.27. The fourth-order valence-electron chi connectivity index (χ4n) is 2.75. The smallest absolute Gasteiger partial charge is 0.222 e. The topological polar surface area (TPSA) is 76.7 Å². The van der Waals surface area contributed by atoms with Crippen LogP contribution < -0.4 is 20.1 Å². The molecule has 0 fully saturated rings. The molecule has 1 atom stereocenters. The molecule has 1 unspecified atom stereocenters. The van der Waals surface area contributed by atoms with Crippen LogP contribution in [0.25, 0.3) is 0 Å². The van der Waals surface area contributed by atoms with Gasteiger partial charge in [0, 0.05) is 13.5 Å². The molecule has 0 aliphatic heterocycles. The maximum atomic E-state index is 12.4. The summed E-state index contributed by atoms with van der Waals surface area (Å²) in [6.07, 6.45) is 0.163. The van der Waals surface area contributed by atoms with Gasteiger partial charge in [0.1, 0.15) is 0 Å². The molecular formula is C21H26N2O4. The Labute approximate surface area is 159 Å². The summed E-state index contributed by atoms with van der Waals surface area (Å²) in [6, 6.07) is 12.9. The van der Waals surface area contributed by atoms with Crippen LogP contribution in [0.3, 0.4) is 0 Å². The van der Waals surface area contributed by atoms with E-state index in [2.05, 4.69) is 10.6 Å². The van der Waals surface area contributed by atoms with Crippen molar-refractivity contribution >= 4 is 11.8 Å². The second-order valence-electron chi connectivity index (χ2n) is 6.33. The third kappa shape index (κ3) is 6.02. The third-order valence-corrected chi connectivity index (χ3v) is 4.18. The third-order valence-electron chi connectivity index (χ3n) is 4.18. The number of aryl methyl sites for hydroxylation is 1. The molecule has 0 saturated heterocycles. The number of benzene rings is 2. The Morgan fingerprint density at radius 2 is 1.67 bits per heavy atom. The SMILES string of the molecule is COc1ccc(CNC(=O)CC(NC(C)=O)c2ccc(C)cc2)cc1OC. The maximum Gasteiger partial charge on any atom is 0.222 e. The summed E-state index contributed by atoms with van der Waals surface area (Å²) in [5, 5.41) is 5.73. The summed E-state index contributed by atoms with van der Waals surface area (Å²) in [6.45, 7) is 3.80. The van der Waals surface area contributed by atoms with Crippen LogP contribution in [-0.2, 0) is 16.1 Å². The van der Waals surface area contributed by atoms with Crippen molar-refractivity contribution in [3.63, 3.8) is 0 Å². The number of rotatable bonds is 8. The second-order valence-corrected chi connectivity index (χ2v) is 6.33. The van der Waals surface area contributed by atoms with Crippen molar-refractivity contribution in [1.29, 1.82) is 0 Å². The molecule has 0 aliphatic rings. The normalized spacial score (nSPS) is 11.4. The van der Waals surface area contributed by atoms with Crippen LogP contribution in [0.5, 0.6) is 11.5 Å². The first-order valence-electron chi connectivity index (χ1n) is 8.74. The van der Waals surface area contributed by atoms with E-state index >= 15 is 0 Å². The van der Waals surface area contributed by atoms with Gasteiger partial charge in [0.05, 0.1) is 26.7 Å². The first kappa shape index (κ1) is 20.3. The lowest BCUT2D eigenvalue weighted by molar-refractivity contribution is -0.122. The molecule has 0 aliphatic carbocycles. The molecule has 2 rings (SSSR count). The van der Waals surface area contributed by atoms with E-state index in [0.717, 1.165) is 16.7 Å². The summed E-state index contributed by atoms with van der Waals surface area (Å²) in [5.74, 6) is 0.926. The Morgan fingerprint density at radius 3 is 2.26 bits per heavy atom. The van der Waals surface area contributed by atoms with Crippen molar-refractivity contribution in [2.75, 3.05) is 14.2 Å². The van der Waals surface area contributed by atoms with Crippen LogP contribution in [0, 0.1) is 6.92 Å². The summed E-state index contributed by atoms with van der Waals surface area (Å²) in [5.41, 5.74) is 2.92. The van der Waals surface area contributed by atoms with E-state index in [1.165, 1.54) is 6.92 Å². The molecule has 0 bridgehead atoms. The first-order valence-corrected chi connectivity index (χ1v) is 8.74. The standard InChI is InChI=1S/C21H26N2O4/c1-14-5-8-17(9-6-14)18(23-15(2)24)12-21(25)22-13-16-7-10-19(26-3)20(11-16)27-4/h5-11,18H,12-13H2,1-4H3,(H,22,25)(H,23,24). The molecule has 27 heavy (non-hydrogen) atoms. The molecule has 0 radical (unpaired) electrons. The zero-order valence-corrected chi connectivity index (χ0v) is 16.2. The summed E-state index contributed by atoms with van der Waals surface area (Å²) >= 11 is 0. The predicted octanol–water partition coefficient (Wildman–Crippen LogP) is 2.90. The molecule has 2 amide bonds. The summed E-state index contributed by atoms with van der Waals surface area (Å²) in [4.78, 5) is 23.9. The van der Waals surface area contributed by atoms with Crippen LogP contribution in [0.4, 0.5) is 0 Å². The highest BCUT2D eigenvalue weighted by atomic mass is 16.5. The Kier molecular flexibility index (Phi) is 7.23. The number of methoxy groups -OCH3 is 2. The van der Waals surface area contributed by atoms with E-state index in [4.69, 9.17) is 9.47 Å². The van der Waals surface area contributed by atoms with Crippen LogP contribution >= 0.6 is 0 Å². The molecule has 0 heterocycles. The van der Waals surface area contributed by atoms with E-state index < -0.39 is 0 Å². The lowest BCUT2D eigenvalue weighted by atomic mass is 10.0. The van der Waals surface area contributed by atoms with Crippen molar-refractivity contribution in [3.05, 3.63) is 59.2 Å². The van der Waals surface area contributed by atoms with Gasteiger partial charge in [0.25, 0.3) is 0 Å². The Bertz CT molecular complexity index is 787. The summed E-state index contributed by atoms with van der Waals surface area (Å²) in [7, 11) is 3.15. The monoisotopic (exact) mass is 370 g/mol. The van der Waals surface area contributed by atoms with Gasteiger partial charge in [-0.2, -0.15) is 0 Å². The fourth-order valence-corrected chi connectivity index (χ4v) is 2.75. The van der Waals surface area contributed by atoms with E-state index in [1.807, 2.05) is 43.3 Å². The van der Waals surface area contributed by atoms with E-state index in [9.17, 15) is 9.59 Å². The zero-order valence-electron chi connectivity index (χ0n) is 16.2. The average molecular weight is 370 g/mol. The number of hydrogen-bond acceptors (Lipinski definition) is 4. The highest BCUT2D eigenvalue weighted by molar-refractivity contribution is 5.79. The Morgan fingerprint density at radius 1 is 1.00 bits per heavy atom. The minimum atomic E-state index is -0.367. The van der Waals surface area contributed by atoms with Crippen molar-refractivity contribution in [3.8, 4) is 11.5 Å². The van der Waals surface area contributed by atoms with Crippen LogP contribution in [0.2, 0.25) is 0 Å². The van der Waals surface area contributed by atoms with Gasteiger partial charge in [-0.25, -0.2) is 0 Å². The van der Waals surface area contributed by atoms with Gasteiger partial charge in [-0.3, -0.25) is 9.59 Å². The molecule has 2 aromatic rings. The molecule has 144 valence electrons. The van der Waals surface area contributed by atoms with E-state index in [0.29, 0.717) is 18.0 Å². The number of carbonyl (C=O) groups excluding carboxylic acids is 2. The van der Waals surface area contributed by atoms with Crippen molar-refractivity contribution in [2.45, 2.75) is 32.9 Å². The van der Waals surface area contributed by atoms with Gasteiger partial charge < -0.3 is 20.1 Å². The zero-order chi connectivity index (χ0) is 19.8. The quantitative estimate of drug-likeness (QED) is 0.749. The average Bonchev–Trinajstić information content (AvgIpc) is 2.65. The molecule has 0 saturated carbocycles. The van der Waals surface area contributed by atoms with Crippen LogP contribution in [0.1, 0.15) is 36.1 Å². The molecule has 6 heteroatoms. The molecule has 2 aromatic carbocycles. The minimum Gasteiger partial charge on any atom is -0.493 e. The minimum absolute atomic E-state index is 0.149. The fraction of sp³-hybridized carbons (Fsp3) is 0.333. The van der Waals surface area contributed by atoms with E-state index in [1.54, 1.807) is 20.3 Å². The lowest BCUT2D eigenvalue weighted by Crippen LogP contribution is -2.32. The Hall–Kier alpha value is -3.02. The van der Waals surface area contributed by atoms with Gasteiger partial charge in [-0.05, 0) is 30.2 Å². The first-order chi connectivity index (χ1) is 12.9. The maximum absolute atomic E-state index is 12.4. The number of nitrogens with one attached hydrogen (secondary N) is 2. The van der Waals surface area contributed by atoms with Gasteiger partial charge in [0.15, 0.2) is 11.5 Å². The number of amides is 2. The molecule has 6 nitrogen and oxygen atoms in total. The van der Waals surface area contributed by atoms with Crippen LogP contribution in [0.15, 0.2) is 42.5 Å².